The van der Waals surface area contributed by atoms with Crippen LogP contribution in [0.4, 0.5) is 0 Å². The summed E-state index contributed by atoms with van der Waals surface area (Å²) in [7, 11) is 0. The van der Waals surface area contributed by atoms with Gasteiger partial charge in [-0.1, -0.05) is 193 Å². The van der Waals surface area contributed by atoms with E-state index in [1.807, 2.05) is 6.92 Å². The van der Waals surface area contributed by atoms with E-state index in [0.29, 0.717) is 84.0 Å². The molecule has 2 aliphatic rings. The number of nitrogens with one attached hydrogen (secondary N) is 11. The van der Waals surface area contributed by atoms with Crippen LogP contribution in [-0.4, -0.2) is 285 Å². The van der Waals surface area contributed by atoms with Gasteiger partial charge in [-0.15, -0.1) is 0 Å². The van der Waals surface area contributed by atoms with Gasteiger partial charge in [0.05, 0.1) is 79.3 Å². The summed E-state index contributed by atoms with van der Waals surface area (Å²) >= 11 is 0. The van der Waals surface area contributed by atoms with E-state index in [-0.39, 0.29) is 241 Å². The first-order chi connectivity index (χ1) is 66.9. The van der Waals surface area contributed by atoms with Gasteiger partial charge >= 0.3 is 23.9 Å². The second-order valence-electron chi connectivity index (χ2n) is 36.7. The highest BCUT2D eigenvalue weighted by Gasteiger charge is 2.33. The fraction of sp³-hybridized carbons (Fsp3) is 0.850. The largest absolute Gasteiger partial charge is 0.481 e. The number of carboxylic acid groups (broad SMARTS) is 4. The van der Waals surface area contributed by atoms with Crippen LogP contribution in [0.2, 0.25) is 0 Å². The van der Waals surface area contributed by atoms with E-state index >= 15 is 0 Å². The van der Waals surface area contributed by atoms with Crippen molar-refractivity contribution in [1.82, 2.24) is 58.5 Å². The van der Waals surface area contributed by atoms with Crippen LogP contribution in [0.25, 0.3) is 0 Å². The maximum Gasteiger partial charge on any atom is 0.326 e. The standard InChI is InChI=1S/C100H179N11O27/c1-2-3-55-106-98(126)83(109-93(119)78-138-72-68-134-64-60-105-92(118)77-137-71-66-132-62-58-103-89(115)54-52-85(100(129)130)111-97(125)82-49-45-80(46-50-82)74-108-87(113)40-33-29-25-21-17-13-9-5-7-11-15-19-23-27-31-35-42-95(122)123)38-36-37-56-101-90(116)75-135-69-67-133-63-59-104-91(117)76-136-70-65-131-61-57-102-88(114)53-51-84(99(127)128)110-96(124)81-47-43-79(44-48-81)73-107-86(112)39-32-28-24-20-16-12-8-4-6-10-14-18-22-26-30-34-41-94(120)121/h79-85H,2-78H2,1H3,(H,101,116)(H,102,114)(H,103,115)(H,104,117)(H,105,118)(H,106,126)(H,107,112)(H,108,113)(H,109,119)(H,110,124)(H,111,125)(H,120,121)(H,122,123)(H,127,128)(H,129,130). The predicted molar refractivity (Wildman–Crippen MR) is 521 cm³/mol. The quantitative estimate of drug-likeness (QED) is 0.0252. The highest BCUT2D eigenvalue weighted by molar-refractivity contribution is 5.89. The van der Waals surface area contributed by atoms with Crippen molar-refractivity contribution in [1.29, 1.82) is 0 Å². The minimum absolute atomic E-state index is 0.0517. The number of hydrogen-bond acceptors (Lipinski definition) is 23. The van der Waals surface area contributed by atoms with Gasteiger partial charge in [0.25, 0.3) is 0 Å². The third kappa shape index (κ3) is 77.5. The Bertz CT molecular complexity index is 3260. The molecule has 0 radical (unpaired) electrons. The smallest absolute Gasteiger partial charge is 0.326 e. The molecule has 0 aromatic heterocycles. The molecule has 0 saturated heterocycles. The average Bonchev–Trinajstić information content (AvgIpc) is 0.872. The Morgan fingerprint density at radius 1 is 0.239 bits per heavy atom. The van der Waals surface area contributed by atoms with Crippen LogP contribution in [-0.2, 0) is 110 Å². The van der Waals surface area contributed by atoms with Crippen LogP contribution in [0.15, 0.2) is 0 Å². The fourth-order valence-corrected chi connectivity index (χ4v) is 16.3. The Balaban J connectivity index is 1.39. The van der Waals surface area contributed by atoms with E-state index < -0.39 is 59.7 Å². The van der Waals surface area contributed by atoms with Crippen molar-refractivity contribution in [3.8, 4) is 0 Å². The van der Waals surface area contributed by atoms with Gasteiger partial charge in [0, 0.05) is 103 Å². The van der Waals surface area contributed by atoms with E-state index in [9.17, 15) is 82.1 Å². The maximum atomic E-state index is 13.1. The molecule has 138 heavy (non-hydrogen) atoms. The number of aliphatic carboxylic acids is 4. The van der Waals surface area contributed by atoms with Crippen molar-refractivity contribution in [3.05, 3.63) is 0 Å². The molecule has 0 aliphatic heterocycles. The Morgan fingerprint density at radius 2 is 0.507 bits per heavy atom. The Kier molecular flexibility index (Phi) is 81.0. The monoisotopic (exact) mass is 1970 g/mol. The summed E-state index contributed by atoms with van der Waals surface area (Å²) in [5, 5.41) is 67.5. The van der Waals surface area contributed by atoms with Crippen LogP contribution in [0.5, 0.6) is 0 Å². The number of carboxylic acids is 4. The van der Waals surface area contributed by atoms with Crippen molar-refractivity contribution < 1.29 is 130 Å². The predicted octanol–water partition coefficient (Wildman–Crippen LogP) is 10.0. The van der Waals surface area contributed by atoms with Crippen molar-refractivity contribution in [2.45, 2.75) is 365 Å². The molecule has 3 atom stereocenters. The van der Waals surface area contributed by atoms with Crippen molar-refractivity contribution in [2.24, 2.45) is 23.7 Å². The molecular weight excluding hydrogens is 1790 g/mol. The van der Waals surface area contributed by atoms with Crippen molar-refractivity contribution in [2.75, 3.05) is 158 Å². The number of hydrogen-bond donors (Lipinski definition) is 15. The third-order valence-electron chi connectivity index (χ3n) is 24.7. The third-order valence-corrected chi connectivity index (χ3v) is 24.7. The van der Waals surface area contributed by atoms with Gasteiger partial charge in [-0.05, 0) is 127 Å². The van der Waals surface area contributed by atoms with Crippen LogP contribution >= 0.6 is 0 Å². The first-order valence-corrected chi connectivity index (χ1v) is 52.5. The van der Waals surface area contributed by atoms with E-state index in [1.165, 1.54) is 128 Å². The van der Waals surface area contributed by atoms with Gasteiger partial charge in [0.15, 0.2) is 0 Å². The van der Waals surface area contributed by atoms with Crippen molar-refractivity contribution >= 4 is 88.9 Å². The minimum Gasteiger partial charge on any atom is -0.481 e. The first kappa shape index (κ1) is 126. The molecule has 2 rings (SSSR count). The highest BCUT2D eigenvalue weighted by atomic mass is 16.5. The van der Waals surface area contributed by atoms with Crippen LogP contribution in [0, 0.1) is 23.7 Å². The second kappa shape index (κ2) is 88.9. The number of unbranched alkanes of at least 4 members (excludes halogenated alkanes) is 32. The molecule has 3 unspecified atom stereocenters. The molecule has 38 nitrogen and oxygen atoms in total. The number of carbonyl (C=O) groups is 15. The lowest BCUT2D eigenvalue weighted by molar-refractivity contribution is -0.143. The van der Waals surface area contributed by atoms with Crippen LogP contribution in [0.3, 0.4) is 0 Å². The zero-order valence-corrected chi connectivity index (χ0v) is 83.7. The van der Waals surface area contributed by atoms with Crippen LogP contribution in [0.1, 0.15) is 347 Å². The fourth-order valence-electron chi connectivity index (χ4n) is 16.3. The zero-order valence-electron chi connectivity index (χ0n) is 83.7. The van der Waals surface area contributed by atoms with E-state index in [4.69, 9.17) is 48.1 Å². The summed E-state index contributed by atoms with van der Waals surface area (Å²) in [5.74, 6) is -7.34. The van der Waals surface area contributed by atoms with Gasteiger partial charge in [0.2, 0.25) is 65.0 Å². The van der Waals surface area contributed by atoms with E-state index in [2.05, 4.69) is 58.5 Å². The Morgan fingerprint density at radius 3 is 0.812 bits per heavy atom. The number of amides is 11. The van der Waals surface area contributed by atoms with Crippen molar-refractivity contribution in [3.63, 3.8) is 0 Å². The summed E-state index contributed by atoms with van der Waals surface area (Å²) < 4.78 is 43.5. The van der Waals surface area contributed by atoms with E-state index in [0.717, 1.165) is 116 Å². The summed E-state index contributed by atoms with van der Waals surface area (Å²) in [5.41, 5.74) is 0. The van der Waals surface area contributed by atoms with E-state index in [1.54, 1.807) is 0 Å². The molecule has 38 heteroatoms. The SMILES string of the molecule is CCCCNC(=O)C(CCCCNC(=O)COCCOCCNC(=O)COCCOCCNC(=O)CCC(NC(=O)C1CCC(CNC(=O)CCCCCCCCCCCCCCCCCCC(=O)O)CC1)C(=O)O)NC(=O)COCCOCCNC(=O)COCCOCCNC(=O)CCC(NC(=O)C1CCC(CNC(=O)CCCCCCCCCCCCCCCCCCC(=O)O)CC1)C(=O)O. The molecule has 15 N–H and O–H groups in total. The molecule has 2 fully saturated rings. The number of carbonyl (C=O) groups excluding carboxylic acids is 11. The molecule has 0 bridgehead atoms. The lowest BCUT2D eigenvalue weighted by atomic mass is 9.81. The first-order valence-electron chi connectivity index (χ1n) is 52.5. The summed E-state index contributed by atoms with van der Waals surface area (Å²) in [4.78, 5) is 184. The molecule has 2 aliphatic carbocycles. The topological polar surface area (TPSA) is 543 Å². The normalized spacial score (nSPS) is 15.3. The molecule has 0 aromatic carbocycles. The van der Waals surface area contributed by atoms with Gasteiger partial charge in [0.1, 0.15) is 44.6 Å². The molecule has 0 spiro atoms. The van der Waals surface area contributed by atoms with Crippen LogP contribution < -0.4 is 58.5 Å². The molecule has 11 amide bonds. The Labute approximate surface area is 820 Å². The minimum atomic E-state index is -1.23. The summed E-state index contributed by atoms with van der Waals surface area (Å²) in [6.45, 7) is 5.22. The van der Waals surface area contributed by atoms with Gasteiger partial charge in [-0.2, -0.15) is 0 Å². The summed E-state index contributed by atoms with van der Waals surface area (Å²) in [6.07, 6.45) is 46.4. The lowest BCUT2D eigenvalue weighted by Gasteiger charge is -2.28. The molecule has 796 valence electrons. The average molecular weight is 1970 g/mol. The second-order valence-corrected chi connectivity index (χ2v) is 36.7. The summed E-state index contributed by atoms with van der Waals surface area (Å²) in [6, 6.07) is -3.27. The van der Waals surface area contributed by atoms with Gasteiger partial charge < -0.3 is 117 Å². The zero-order chi connectivity index (χ0) is 101. The molecule has 0 aromatic rings. The van der Waals surface area contributed by atoms with Gasteiger partial charge in [-0.3, -0.25) is 62.3 Å². The Hall–Kier alpha value is -8.27. The maximum absolute atomic E-state index is 13.1. The highest BCUT2D eigenvalue weighted by Crippen LogP contribution is 2.31. The number of rotatable bonds is 96. The molecule has 0 heterocycles. The number of ether oxygens (including phenoxy) is 8. The molecular formula is C100H179N11O27. The lowest BCUT2D eigenvalue weighted by Crippen LogP contribution is -2.48. The van der Waals surface area contributed by atoms with Gasteiger partial charge in [-0.25, -0.2) is 9.59 Å². The molecule has 2 saturated carbocycles.